The molecule has 0 aliphatic carbocycles. The molecule has 1 unspecified atom stereocenters. The smallest absolute Gasteiger partial charge is 0.265 e. The van der Waals surface area contributed by atoms with Crippen LogP contribution in [-0.2, 0) is 0 Å². The fourth-order valence-electron chi connectivity index (χ4n) is 1.99. The van der Waals surface area contributed by atoms with Gasteiger partial charge in [-0.3, -0.25) is 4.98 Å². The van der Waals surface area contributed by atoms with Crippen molar-refractivity contribution in [1.29, 1.82) is 0 Å². The highest BCUT2D eigenvalue weighted by atomic mass is 19.3. The first-order chi connectivity index (χ1) is 7.29. The van der Waals surface area contributed by atoms with Crippen LogP contribution >= 0.6 is 0 Å². The Kier molecular flexibility index (Phi) is 3.26. The number of hydrogen-bond acceptors (Lipinski definition) is 2. The van der Waals surface area contributed by atoms with Gasteiger partial charge < -0.3 is 5.32 Å². The molecule has 0 spiro atoms. The molecule has 1 atom stereocenters. The van der Waals surface area contributed by atoms with Crippen LogP contribution in [0.25, 0.3) is 0 Å². The second kappa shape index (κ2) is 4.66. The van der Waals surface area contributed by atoms with E-state index in [1.807, 2.05) is 0 Å². The van der Waals surface area contributed by atoms with Crippen LogP contribution < -0.4 is 5.32 Å². The van der Waals surface area contributed by atoms with E-state index in [-0.39, 0.29) is 11.6 Å². The summed E-state index contributed by atoms with van der Waals surface area (Å²) >= 11 is 0. The molecule has 2 heterocycles. The fraction of sp³-hybridized carbons (Fsp3) is 0.545. The minimum atomic E-state index is -2.43. The number of hydrogen-bond donors (Lipinski definition) is 1. The van der Waals surface area contributed by atoms with Crippen molar-refractivity contribution in [3.05, 3.63) is 29.6 Å². The van der Waals surface area contributed by atoms with Crippen LogP contribution in [0.5, 0.6) is 0 Å². The summed E-state index contributed by atoms with van der Waals surface area (Å²) in [5, 5.41) is 3.23. The van der Waals surface area contributed by atoms with Gasteiger partial charge >= 0.3 is 0 Å². The van der Waals surface area contributed by atoms with Crippen LogP contribution in [-0.4, -0.2) is 11.5 Å². The number of alkyl halides is 2. The molecule has 1 saturated heterocycles. The monoisotopic (exact) mass is 212 g/mol. The van der Waals surface area contributed by atoms with Gasteiger partial charge in [-0.25, -0.2) is 8.78 Å². The van der Waals surface area contributed by atoms with E-state index in [0.29, 0.717) is 5.69 Å². The van der Waals surface area contributed by atoms with E-state index >= 15 is 0 Å². The third-order valence-electron chi connectivity index (χ3n) is 2.75. The van der Waals surface area contributed by atoms with Crippen molar-refractivity contribution in [2.45, 2.75) is 31.7 Å². The lowest BCUT2D eigenvalue weighted by Gasteiger charge is -2.24. The molecule has 1 aliphatic rings. The van der Waals surface area contributed by atoms with Gasteiger partial charge in [-0.15, -0.1) is 0 Å². The molecule has 0 saturated carbocycles. The SMILES string of the molecule is FC(F)c1cccnc1C1CCCCN1. The number of halogens is 2. The first kappa shape index (κ1) is 10.5. The van der Waals surface area contributed by atoms with Crippen LogP contribution in [0.3, 0.4) is 0 Å². The molecule has 15 heavy (non-hydrogen) atoms. The Morgan fingerprint density at radius 2 is 2.27 bits per heavy atom. The van der Waals surface area contributed by atoms with E-state index in [1.165, 1.54) is 6.07 Å². The summed E-state index contributed by atoms with van der Waals surface area (Å²) in [6, 6.07) is 3.03. The highest BCUT2D eigenvalue weighted by Crippen LogP contribution is 2.29. The standard InChI is InChI=1S/C11H14F2N2/c12-11(13)8-4-3-7-15-10(8)9-5-1-2-6-14-9/h3-4,7,9,11,14H,1-2,5-6H2. The van der Waals surface area contributed by atoms with Gasteiger partial charge in [-0.2, -0.15) is 0 Å². The van der Waals surface area contributed by atoms with Crippen molar-refractivity contribution < 1.29 is 8.78 Å². The number of nitrogens with zero attached hydrogens (tertiary/aromatic N) is 1. The highest BCUT2D eigenvalue weighted by molar-refractivity contribution is 5.24. The van der Waals surface area contributed by atoms with E-state index in [1.54, 1.807) is 12.3 Å². The van der Waals surface area contributed by atoms with Crippen molar-refractivity contribution in [3.63, 3.8) is 0 Å². The van der Waals surface area contributed by atoms with E-state index < -0.39 is 6.43 Å². The Hall–Kier alpha value is -1.03. The van der Waals surface area contributed by atoms with Gasteiger partial charge in [0.05, 0.1) is 5.69 Å². The Bertz CT molecular complexity index is 322. The number of pyridine rings is 1. The topological polar surface area (TPSA) is 24.9 Å². The molecule has 0 aromatic carbocycles. The highest BCUT2D eigenvalue weighted by Gasteiger charge is 2.22. The lowest BCUT2D eigenvalue weighted by atomic mass is 9.98. The van der Waals surface area contributed by atoms with Crippen molar-refractivity contribution >= 4 is 0 Å². The molecule has 1 aromatic rings. The average molecular weight is 212 g/mol. The number of piperidine rings is 1. The van der Waals surface area contributed by atoms with Gasteiger partial charge in [0.15, 0.2) is 0 Å². The Balaban J connectivity index is 2.25. The first-order valence-corrected chi connectivity index (χ1v) is 5.25. The molecule has 1 N–H and O–H groups in total. The zero-order valence-electron chi connectivity index (χ0n) is 8.42. The lowest BCUT2D eigenvalue weighted by Crippen LogP contribution is -2.28. The molecule has 2 rings (SSSR count). The van der Waals surface area contributed by atoms with Crippen molar-refractivity contribution in [2.24, 2.45) is 0 Å². The predicted molar refractivity (Wildman–Crippen MR) is 53.8 cm³/mol. The molecular weight excluding hydrogens is 198 g/mol. The Morgan fingerprint density at radius 3 is 2.93 bits per heavy atom. The predicted octanol–water partition coefficient (Wildman–Crippen LogP) is 2.83. The minimum Gasteiger partial charge on any atom is -0.309 e. The second-order valence-electron chi connectivity index (χ2n) is 3.78. The number of nitrogens with one attached hydrogen (secondary N) is 1. The summed E-state index contributed by atoms with van der Waals surface area (Å²) in [5.41, 5.74) is 0.587. The minimum absolute atomic E-state index is 0.00366. The molecule has 2 nitrogen and oxygen atoms in total. The normalized spacial score (nSPS) is 21.9. The maximum absolute atomic E-state index is 12.7. The first-order valence-electron chi connectivity index (χ1n) is 5.25. The molecule has 1 aliphatic heterocycles. The fourth-order valence-corrected chi connectivity index (χ4v) is 1.99. The van der Waals surface area contributed by atoms with Crippen LogP contribution in [0, 0.1) is 0 Å². The third kappa shape index (κ3) is 2.31. The molecule has 0 bridgehead atoms. The van der Waals surface area contributed by atoms with Gasteiger partial charge in [0.25, 0.3) is 6.43 Å². The average Bonchev–Trinajstić information content (AvgIpc) is 2.30. The largest absolute Gasteiger partial charge is 0.309 e. The molecular formula is C11H14F2N2. The molecule has 0 amide bonds. The lowest BCUT2D eigenvalue weighted by molar-refractivity contribution is 0.148. The maximum atomic E-state index is 12.7. The molecule has 0 radical (unpaired) electrons. The van der Waals surface area contributed by atoms with Crippen LogP contribution in [0.4, 0.5) is 8.78 Å². The second-order valence-corrected chi connectivity index (χ2v) is 3.78. The zero-order valence-corrected chi connectivity index (χ0v) is 8.42. The van der Waals surface area contributed by atoms with Crippen molar-refractivity contribution in [1.82, 2.24) is 10.3 Å². The van der Waals surface area contributed by atoms with Gasteiger partial charge in [0.2, 0.25) is 0 Å². The van der Waals surface area contributed by atoms with E-state index in [9.17, 15) is 8.78 Å². The maximum Gasteiger partial charge on any atom is 0.265 e. The Labute approximate surface area is 87.7 Å². The molecule has 4 heteroatoms. The summed E-state index contributed by atoms with van der Waals surface area (Å²) in [4.78, 5) is 4.08. The van der Waals surface area contributed by atoms with Crippen LogP contribution in [0.15, 0.2) is 18.3 Å². The van der Waals surface area contributed by atoms with Gasteiger partial charge in [-0.05, 0) is 31.5 Å². The summed E-state index contributed by atoms with van der Waals surface area (Å²) in [6.45, 7) is 0.893. The molecule has 1 fully saturated rings. The molecule has 1 aromatic heterocycles. The van der Waals surface area contributed by atoms with Crippen molar-refractivity contribution in [3.8, 4) is 0 Å². The molecule has 82 valence electrons. The summed E-state index contributed by atoms with van der Waals surface area (Å²) in [7, 11) is 0. The Morgan fingerprint density at radius 1 is 1.40 bits per heavy atom. The van der Waals surface area contributed by atoms with Crippen LogP contribution in [0.1, 0.15) is 43.0 Å². The van der Waals surface area contributed by atoms with Crippen LogP contribution in [0.2, 0.25) is 0 Å². The quantitative estimate of drug-likeness (QED) is 0.815. The zero-order chi connectivity index (χ0) is 10.7. The summed E-state index contributed by atoms with van der Waals surface area (Å²) in [6.07, 6.45) is 2.25. The third-order valence-corrected chi connectivity index (χ3v) is 2.75. The van der Waals surface area contributed by atoms with Crippen molar-refractivity contribution in [2.75, 3.05) is 6.54 Å². The van der Waals surface area contributed by atoms with Gasteiger partial charge in [0.1, 0.15) is 0 Å². The van der Waals surface area contributed by atoms with E-state index in [0.717, 1.165) is 25.8 Å². The number of aromatic nitrogens is 1. The number of rotatable bonds is 2. The summed E-state index contributed by atoms with van der Waals surface area (Å²) < 4.78 is 25.4. The van der Waals surface area contributed by atoms with E-state index in [2.05, 4.69) is 10.3 Å². The van der Waals surface area contributed by atoms with Gasteiger partial charge in [-0.1, -0.05) is 6.42 Å². The van der Waals surface area contributed by atoms with E-state index in [4.69, 9.17) is 0 Å². The van der Waals surface area contributed by atoms with Gasteiger partial charge in [0, 0.05) is 17.8 Å². The summed E-state index contributed by atoms with van der Waals surface area (Å²) in [5.74, 6) is 0.